The van der Waals surface area contributed by atoms with Crippen LogP contribution in [0.1, 0.15) is 20.3 Å². The molecular weight excluding hydrogens is 434 g/mol. The number of nitrogens with one attached hydrogen (secondary N) is 4. The van der Waals surface area contributed by atoms with E-state index in [1.165, 1.54) is 13.1 Å². The minimum atomic E-state index is -4.26. The lowest BCUT2D eigenvalue weighted by Crippen LogP contribution is -2.42. The standard InChI is InChI=1S/C17H25N5O8S/c1-11(2)6-7-19-17(25)21-15(23)10-30-16(24)9-20-31(28,29)12-4-5-13(18-3)14(8-12)22(26)27/h4-5,8,11,18,20H,6-7,9-10H2,1-3H3,(H2,19,21,23,25). The highest BCUT2D eigenvalue weighted by atomic mass is 32.2. The predicted octanol–water partition coefficient (Wildman–Crippen LogP) is 0.330. The van der Waals surface area contributed by atoms with Crippen LogP contribution in [0.4, 0.5) is 16.2 Å². The van der Waals surface area contributed by atoms with Gasteiger partial charge in [0.15, 0.2) is 6.61 Å². The molecule has 0 radical (unpaired) electrons. The molecule has 4 N–H and O–H groups in total. The Morgan fingerprint density at radius 1 is 1.23 bits per heavy atom. The molecule has 1 aromatic rings. The number of imide groups is 1. The second-order valence-electron chi connectivity index (χ2n) is 6.66. The number of carbonyl (C=O) groups excluding carboxylic acids is 3. The number of nitrogens with zero attached hydrogens (tertiary/aromatic N) is 1. The lowest BCUT2D eigenvalue weighted by atomic mass is 10.1. The third-order valence-corrected chi connectivity index (χ3v) is 5.18. The fourth-order valence-corrected chi connectivity index (χ4v) is 3.15. The Kier molecular flexibility index (Phi) is 9.82. The van der Waals surface area contributed by atoms with Gasteiger partial charge in [-0.2, -0.15) is 4.72 Å². The molecule has 1 rings (SSSR count). The Morgan fingerprint density at radius 2 is 1.90 bits per heavy atom. The molecule has 31 heavy (non-hydrogen) atoms. The van der Waals surface area contributed by atoms with E-state index in [0.29, 0.717) is 12.5 Å². The maximum Gasteiger partial charge on any atom is 0.321 e. The van der Waals surface area contributed by atoms with E-state index in [4.69, 9.17) is 0 Å². The van der Waals surface area contributed by atoms with Crippen molar-refractivity contribution in [3.63, 3.8) is 0 Å². The van der Waals surface area contributed by atoms with Crippen LogP contribution in [0.25, 0.3) is 0 Å². The number of benzene rings is 1. The van der Waals surface area contributed by atoms with E-state index in [9.17, 15) is 32.9 Å². The van der Waals surface area contributed by atoms with Crippen molar-refractivity contribution >= 4 is 39.3 Å². The van der Waals surface area contributed by atoms with Gasteiger partial charge < -0.3 is 15.4 Å². The van der Waals surface area contributed by atoms with Crippen LogP contribution >= 0.6 is 0 Å². The van der Waals surface area contributed by atoms with Crippen molar-refractivity contribution in [2.24, 2.45) is 5.92 Å². The number of ether oxygens (including phenoxy) is 1. The number of rotatable bonds is 11. The van der Waals surface area contributed by atoms with Gasteiger partial charge in [0.2, 0.25) is 10.0 Å². The van der Waals surface area contributed by atoms with Crippen LogP contribution in [0.3, 0.4) is 0 Å². The first-order valence-electron chi connectivity index (χ1n) is 9.15. The van der Waals surface area contributed by atoms with Gasteiger partial charge in [0.05, 0.1) is 9.82 Å². The van der Waals surface area contributed by atoms with Crippen molar-refractivity contribution in [3.05, 3.63) is 28.3 Å². The molecule has 0 aliphatic rings. The summed E-state index contributed by atoms with van der Waals surface area (Å²) in [5.41, 5.74) is -0.348. The van der Waals surface area contributed by atoms with Crippen LogP contribution in [0.2, 0.25) is 0 Å². The van der Waals surface area contributed by atoms with Crippen LogP contribution in [0.15, 0.2) is 23.1 Å². The molecule has 0 aromatic heterocycles. The molecule has 0 atom stereocenters. The summed E-state index contributed by atoms with van der Waals surface area (Å²) in [4.78, 5) is 44.6. The van der Waals surface area contributed by atoms with Crippen molar-refractivity contribution in [2.45, 2.75) is 25.2 Å². The number of sulfonamides is 1. The molecule has 0 aliphatic heterocycles. The zero-order chi connectivity index (χ0) is 23.6. The number of amides is 3. The number of esters is 1. The van der Waals surface area contributed by atoms with Crippen molar-refractivity contribution in [2.75, 3.05) is 32.1 Å². The summed E-state index contributed by atoms with van der Waals surface area (Å²) in [6.07, 6.45) is 0.720. The summed E-state index contributed by atoms with van der Waals surface area (Å²) in [7, 11) is -2.82. The minimum Gasteiger partial charge on any atom is -0.455 e. The van der Waals surface area contributed by atoms with E-state index in [1.54, 1.807) is 0 Å². The smallest absolute Gasteiger partial charge is 0.321 e. The number of urea groups is 1. The number of nitro benzene ring substituents is 1. The average molecular weight is 459 g/mol. The van der Waals surface area contributed by atoms with Crippen LogP contribution in [0.5, 0.6) is 0 Å². The average Bonchev–Trinajstić information content (AvgIpc) is 2.69. The molecule has 0 fully saturated rings. The van der Waals surface area contributed by atoms with Crippen LogP contribution in [-0.4, -0.2) is 58.0 Å². The van der Waals surface area contributed by atoms with Gasteiger partial charge in [0, 0.05) is 19.7 Å². The summed E-state index contributed by atoms with van der Waals surface area (Å²) >= 11 is 0. The summed E-state index contributed by atoms with van der Waals surface area (Å²) in [6.45, 7) is 2.69. The third-order valence-electron chi connectivity index (χ3n) is 3.78. The van der Waals surface area contributed by atoms with Gasteiger partial charge in [-0.15, -0.1) is 0 Å². The molecule has 0 saturated heterocycles. The van der Waals surface area contributed by atoms with Crippen molar-refractivity contribution in [1.82, 2.24) is 15.4 Å². The van der Waals surface area contributed by atoms with E-state index in [1.807, 2.05) is 23.9 Å². The summed E-state index contributed by atoms with van der Waals surface area (Å²) in [5.74, 6) is -1.61. The van der Waals surface area contributed by atoms with Gasteiger partial charge in [-0.25, -0.2) is 13.2 Å². The number of hydrogen-bond acceptors (Lipinski definition) is 9. The highest BCUT2D eigenvalue weighted by molar-refractivity contribution is 7.89. The molecule has 0 spiro atoms. The molecule has 0 aliphatic carbocycles. The molecule has 13 nitrogen and oxygen atoms in total. The van der Waals surface area contributed by atoms with Gasteiger partial charge in [0.25, 0.3) is 11.6 Å². The van der Waals surface area contributed by atoms with Gasteiger partial charge in [-0.05, 0) is 24.5 Å². The van der Waals surface area contributed by atoms with Gasteiger partial charge in [-0.1, -0.05) is 13.8 Å². The Hall–Kier alpha value is -3.26. The van der Waals surface area contributed by atoms with E-state index in [0.717, 1.165) is 18.6 Å². The second-order valence-corrected chi connectivity index (χ2v) is 8.42. The lowest BCUT2D eigenvalue weighted by Gasteiger charge is -2.10. The molecule has 0 heterocycles. The first-order chi connectivity index (χ1) is 14.5. The number of anilines is 1. The maximum atomic E-state index is 12.2. The number of hydrogen-bond donors (Lipinski definition) is 4. The Balaban J connectivity index is 2.53. The van der Waals surface area contributed by atoms with E-state index >= 15 is 0 Å². The fourth-order valence-electron chi connectivity index (χ4n) is 2.16. The molecule has 0 saturated carbocycles. The van der Waals surface area contributed by atoms with Gasteiger partial charge >= 0.3 is 12.0 Å². The summed E-state index contributed by atoms with van der Waals surface area (Å²) in [6, 6.07) is 2.43. The maximum absolute atomic E-state index is 12.2. The first-order valence-corrected chi connectivity index (χ1v) is 10.6. The molecule has 172 valence electrons. The topological polar surface area (TPSA) is 186 Å². The van der Waals surface area contributed by atoms with Crippen molar-refractivity contribution in [3.8, 4) is 0 Å². The molecule has 0 unspecified atom stereocenters. The summed E-state index contributed by atoms with van der Waals surface area (Å²) < 4.78 is 31.0. The molecule has 0 bridgehead atoms. The van der Waals surface area contributed by atoms with E-state index in [2.05, 4.69) is 15.4 Å². The molecule has 14 heteroatoms. The zero-order valence-corrected chi connectivity index (χ0v) is 18.1. The Labute approximate surface area is 179 Å². The summed E-state index contributed by atoms with van der Waals surface area (Å²) in [5, 5.41) is 18.0. The van der Waals surface area contributed by atoms with E-state index in [-0.39, 0.29) is 5.69 Å². The highest BCUT2D eigenvalue weighted by Gasteiger charge is 2.22. The molecule has 1 aromatic carbocycles. The molecular formula is C17H25N5O8S. The van der Waals surface area contributed by atoms with Gasteiger partial charge in [-0.3, -0.25) is 25.0 Å². The monoisotopic (exact) mass is 459 g/mol. The van der Waals surface area contributed by atoms with Gasteiger partial charge in [0.1, 0.15) is 12.2 Å². The predicted molar refractivity (Wildman–Crippen MR) is 110 cm³/mol. The second kappa shape index (κ2) is 11.8. The van der Waals surface area contributed by atoms with E-state index < -0.39 is 56.6 Å². The normalized spacial score (nSPS) is 11.0. The Bertz CT molecular complexity index is 932. The van der Waals surface area contributed by atoms with Crippen LogP contribution < -0.4 is 20.7 Å². The van der Waals surface area contributed by atoms with Crippen molar-refractivity contribution in [1.29, 1.82) is 0 Å². The number of nitro groups is 1. The van der Waals surface area contributed by atoms with Crippen LogP contribution in [-0.2, 0) is 24.3 Å². The zero-order valence-electron chi connectivity index (χ0n) is 17.3. The third kappa shape index (κ3) is 8.96. The fraction of sp³-hybridized carbons (Fsp3) is 0.471. The largest absolute Gasteiger partial charge is 0.455 e. The molecule has 3 amide bonds. The first kappa shape index (κ1) is 25.8. The lowest BCUT2D eigenvalue weighted by molar-refractivity contribution is -0.384. The highest BCUT2D eigenvalue weighted by Crippen LogP contribution is 2.26. The number of carbonyl (C=O) groups is 3. The van der Waals surface area contributed by atoms with Crippen LogP contribution in [0, 0.1) is 16.0 Å². The Morgan fingerprint density at radius 3 is 2.48 bits per heavy atom. The minimum absolute atomic E-state index is 0.114. The SMILES string of the molecule is CNc1ccc(S(=O)(=O)NCC(=O)OCC(=O)NC(=O)NCCC(C)C)cc1[N+](=O)[O-]. The van der Waals surface area contributed by atoms with Crippen molar-refractivity contribution < 1.29 is 32.5 Å². The quantitative estimate of drug-likeness (QED) is 0.205.